The monoisotopic (exact) mass is 406 g/mol. The number of fused-ring (bicyclic) bond motifs is 2. The third-order valence-electron chi connectivity index (χ3n) is 4.47. The van der Waals surface area contributed by atoms with Gasteiger partial charge in [0, 0.05) is 18.0 Å². The first kappa shape index (κ1) is 17.2. The first-order chi connectivity index (χ1) is 13.7. The largest absolute Gasteiger partial charge is 0.338 e. The van der Waals surface area contributed by atoms with Crippen LogP contribution in [-0.2, 0) is 12.8 Å². The Hall–Kier alpha value is -2.97. The van der Waals surface area contributed by atoms with E-state index in [1.807, 2.05) is 53.2 Å². The lowest BCUT2D eigenvalue weighted by molar-refractivity contribution is 0.391. The molecule has 0 aliphatic carbocycles. The van der Waals surface area contributed by atoms with E-state index in [9.17, 15) is 4.79 Å². The number of thiophene rings is 1. The van der Waals surface area contributed by atoms with Crippen LogP contribution in [0.1, 0.15) is 5.89 Å². The molecule has 0 fully saturated rings. The van der Waals surface area contributed by atoms with Crippen molar-refractivity contribution in [2.45, 2.75) is 10.9 Å². The second-order valence-corrected chi connectivity index (χ2v) is 8.01. The van der Waals surface area contributed by atoms with Crippen LogP contribution < -0.4 is 5.56 Å². The van der Waals surface area contributed by atoms with E-state index in [4.69, 9.17) is 9.51 Å². The SMILES string of the molecule is Cn1c(SCc2nc(-c3ccsc3)no2)nc2cc3ccccc3cc2c1=O. The molecule has 0 radical (unpaired) electrons. The van der Waals surface area contributed by atoms with E-state index in [0.717, 1.165) is 16.3 Å². The van der Waals surface area contributed by atoms with E-state index in [1.165, 1.54) is 11.8 Å². The van der Waals surface area contributed by atoms with Gasteiger partial charge in [0.25, 0.3) is 5.56 Å². The van der Waals surface area contributed by atoms with Crippen molar-refractivity contribution in [2.75, 3.05) is 0 Å². The zero-order chi connectivity index (χ0) is 19.1. The molecule has 0 saturated carbocycles. The third kappa shape index (κ3) is 3.00. The number of hydrogen-bond acceptors (Lipinski definition) is 7. The minimum atomic E-state index is -0.0669. The van der Waals surface area contributed by atoms with Crippen LogP contribution in [-0.4, -0.2) is 19.7 Å². The van der Waals surface area contributed by atoms with Crippen LogP contribution in [0.5, 0.6) is 0 Å². The van der Waals surface area contributed by atoms with Crippen molar-refractivity contribution in [1.29, 1.82) is 0 Å². The van der Waals surface area contributed by atoms with Gasteiger partial charge >= 0.3 is 0 Å². The van der Waals surface area contributed by atoms with E-state index in [2.05, 4.69) is 10.1 Å². The summed E-state index contributed by atoms with van der Waals surface area (Å²) in [5, 5.41) is 11.3. The lowest BCUT2D eigenvalue weighted by Crippen LogP contribution is -2.20. The topological polar surface area (TPSA) is 73.8 Å². The van der Waals surface area contributed by atoms with E-state index < -0.39 is 0 Å². The summed E-state index contributed by atoms with van der Waals surface area (Å²) in [6.07, 6.45) is 0. The first-order valence-corrected chi connectivity index (χ1v) is 10.5. The molecule has 0 bridgehead atoms. The fourth-order valence-corrected chi connectivity index (χ4v) is 4.46. The maximum Gasteiger partial charge on any atom is 0.261 e. The minimum absolute atomic E-state index is 0.0669. The van der Waals surface area contributed by atoms with Crippen molar-refractivity contribution < 1.29 is 4.52 Å². The van der Waals surface area contributed by atoms with Gasteiger partial charge in [-0.1, -0.05) is 41.2 Å². The van der Waals surface area contributed by atoms with Crippen molar-refractivity contribution >= 4 is 44.8 Å². The number of nitrogens with zero attached hydrogens (tertiary/aromatic N) is 4. The number of hydrogen-bond donors (Lipinski definition) is 0. The Labute approximate surface area is 167 Å². The summed E-state index contributed by atoms with van der Waals surface area (Å²) in [6.45, 7) is 0. The molecule has 8 heteroatoms. The molecular formula is C20H14N4O2S2. The summed E-state index contributed by atoms with van der Waals surface area (Å²) in [6, 6.07) is 13.8. The van der Waals surface area contributed by atoms with Crippen LogP contribution in [0.25, 0.3) is 33.1 Å². The zero-order valence-electron chi connectivity index (χ0n) is 14.8. The van der Waals surface area contributed by atoms with Gasteiger partial charge in [-0.25, -0.2) is 4.98 Å². The Morgan fingerprint density at radius 2 is 1.96 bits per heavy atom. The number of thioether (sulfide) groups is 1. The average molecular weight is 406 g/mol. The Bertz CT molecular complexity index is 1360. The summed E-state index contributed by atoms with van der Waals surface area (Å²) in [7, 11) is 1.73. The standard InChI is InChI=1S/C20H14N4O2S2/c1-24-19(25)15-8-12-4-2-3-5-13(12)9-16(15)21-20(24)28-11-17-22-18(23-26-17)14-6-7-27-10-14/h2-10H,11H2,1H3. The lowest BCUT2D eigenvalue weighted by Gasteiger charge is -2.08. The number of rotatable bonds is 4. The second-order valence-electron chi connectivity index (χ2n) is 6.29. The Balaban J connectivity index is 1.48. The molecule has 0 atom stereocenters. The lowest BCUT2D eigenvalue weighted by atomic mass is 10.1. The fraction of sp³-hybridized carbons (Fsp3) is 0.100. The Morgan fingerprint density at radius 3 is 2.75 bits per heavy atom. The summed E-state index contributed by atoms with van der Waals surface area (Å²) >= 11 is 2.99. The summed E-state index contributed by atoms with van der Waals surface area (Å²) < 4.78 is 6.90. The van der Waals surface area contributed by atoms with Gasteiger partial charge in [0.05, 0.1) is 16.7 Å². The van der Waals surface area contributed by atoms with Crippen LogP contribution in [0.15, 0.2) is 67.7 Å². The molecule has 0 N–H and O–H groups in total. The van der Waals surface area contributed by atoms with Crippen LogP contribution in [0.3, 0.4) is 0 Å². The van der Waals surface area contributed by atoms with Gasteiger partial charge < -0.3 is 4.52 Å². The molecule has 0 amide bonds. The van der Waals surface area contributed by atoms with Crippen molar-refractivity contribution in [2.24, 2.45) is 7.05 Å². The molecule has 0 aliphatic rings. The molecule has 3 heterocycles. The highest BCUT2D eigenvalue weighted by Gasteiger charge is 2.13. The second kappa shape index (κ2) is 6.88. The van der Waals surface area contributed by atoms with E-state index >= 15 is 0 Å². The first-order valence-electron chi connectivity index (χ1n) is 8.56. The predicted molar refractivity (Wildman–Crippen MR) is 112 cm³/mol. The summed E-state index contributed by atoms with van der Waals surface area (Å²) in [5.41, 5.74) is 1.56. The molecular weight excluding hydrogens is 392 g/mol. The minimum Gasteiger partial charge on any atom is -0.338 e. The predicted octanol–water partition coefficient (Wildman–Crippen LogP) is 4.49. The molecule has 0 aliphatic heterocycles. The van der Waals surface area contributed by atoms with Crippen LogP contribution in [0.2, 0.25) is 0 Å². The van der Waals surface area contributed by atoms with E-state index in [0.29, 0.717) is 33.5 Å². The average Bonchev–Trinajstić information content (AvgIpc) is 3.40. The zero-order valence-corrected chi connectivity index (χ0v) is 16.5. The third-order valence-corrected chi connectivity index (χ3v) is 6.17. The highest BCUT2D eigenvalue weighted by atomic mass is 32.2. The molecule has 5 aromatic rings. The molecule has 28 heavy (non-hydrogen) atoms. The van der Waals surface area contributed by atoms with Crippen LogP contribution >= 0.6 is 23.1 Å². The quantitative estimate of drug-likeness (QED) is 0.249. The van der Waals surface area contributed by atoms with Crippen molar-refractivity contribution in [3.05, 3.63) is 69.5 Å². The highest BCUT2D eigenvalue weighted by molar-refractivity contribution is 7.98. The van der Waals surface area contributed by atoms with E-state index in [1.54, 1.807) is 23.0 Å². The van der Waals surface area contributed by atoms with E-state index in [-0.39, 0.29) is 5.56 Å². The fourth-order valence-electron chi connectivity index (χ4n) is 3.02. The van der Waals surface area contributed by atoms with Crippen molar-refractivity contribution in [1.82, 2.24) is 19.7 Å². The van der Waals surface area contributed by atoms with Gasteiger partial charge in [-0.3, -0.25) is 9.36 Å². The van der Waals surface area contributed by atoms with Crippen molar-refractivity contribution in [3.63, 3.8) is 0 Å². The molecule has 2 aromatic carbocycles. The molecule has 6 nitrogen and oxygen atoms in total. The number of aromatic nitrogens is 4. The van der Waals surface area contributed by atoms with Gasteiger partial charge in [-0.2, -0.15) is 16.3 Å². The molecule has 0 unspecified atom stereocenters. The maximum atomic E-state index is 12.8. The molecule has 5 rings (SSSR count). The Kier molecular flexibility index (Phi) is 4.22. The molecule has 138 valence electrons. The van der Waals surface area contributed by atoms with Crippen LogP contribution in [0.4, 0.5) is 0 Å². The normalized spacial score (nSPS) is 11.5. The van der Waals surface area contributed by atoms with Gasteiger partial charge in [-0.15, -0.1) is 0 Å². The molecule has 0 spiro atoms. The Morgan fingerprint density at radius 1 is 1.14 bits per heavy atom. The maximum absolute atomic E-state index is 12.8. The van der Waals surface area contributed by atoms with Crippen molar-refractivity contribution in [3.8, 4) is 11.4 Å². The smallest absolute Gasteiger partial charge is 0.261 e. The van der Waals surface area contributed by atoms with Gasteiger partial charge in [-0.05, 0) is 34.4 Å². The van der Waals surface area contributed by atoms with Gasteiger partial charge in [0.2, 0.25) is 11.7 Å². The molecule has 0 saturated heterocycles. The summed E-state index contributed by atoms with van der Waals surface area (Å²) in [5.74, 6) is 1.51. The van der Waals surface area contributed by atoms with Crippen LogP contribution in [0, 0.1) is 0 Å². The molecule has 3 aromatic heterocycles. The van der Waals surface area contributed by atoms with Gasteiger partial charge in [0.15, 0.2) is 5.16 Å². The van der Waals surface area contributed by atoms with Gasteiger partial charge in [0.1, 0.15) is 0 Å². The highest BCUT2D eigenvalue weighted by Crippen LogP contribution is 2.25. The number of benzene rings is 2. The summed E-state index contributed by atoms with van der Waals surface area (Å²) in [4.78, 5) is 21.9.